The van der Waals surface area contributed by atoms with Crippen LogP contribution in [0, 0.1) is 15.9 Å². The maximum atomic E-state index is 13.0. The fourth-order valence-electron chi connectivity index (χ4n) is 2.13. The summed E-state index contributed by atoms with van der Waals surface area (Å²) < 4.78 is 18.1. The van der Waals surface area contributed by atoms with E-state index in [0.29, 0.717) is 0 Å². The van der Waals surface area contributed by atoms with Crippen LogP contribution in [0.5, 0.6) is 0 Å². The average Bonchev–Trinajstić information content (AvgIpc) is 2.63. The molecule has 1 amide bonds. The number of benzene rings is 2. The first-order chi connectivity index (χ1) is 12.7. The second kappa shape index (κ2) is 8.45. The van der Waals surface area contributed by atoms with Crippen LogP contribution in [-0.4, -0.2) is 30.0 Å². The molecule has 0 aliphatic heterocycles. The van der Waals surface area contributed by atoms with Gasteiger partial charge in [0, 0.05) is 13.1 Å². The first kappa shape index (κ1) is 20.1. The third-order valence-electron chi connectivity index (χ3n) is 3.54. The Morgan fingerprint density at radius 1 is 1.22 bits per heavy atom. The molecule has 0 spiro atoms. The Morgan fingerprint density at radius 3 is 2.48 bits per heavy atom. The number of carbonyl (C=O) groups is 2. The lowest BCUT2D eigenvalue weighted by Crippen LogP contribution is -2.30. The summed E-state index contributed by atoms with van der Waals surface area (Å²) in [5.41, 5.74) is -0.00409. The molecule has 0 bridgehead atoms. The molecule has 0 radical (unpaired) electrons. The van der Waals surface area contributed by atoms with Gasteiger partial charge in [0.25, 0.3) is 11.6 Å². The number of anilines is 2. The van der Waals surface area contributed by atoms with Crippen molar-refractivity contribution in [3.63, 3.8) is 0 Å². The van der Waals surface area contributed by atoms with E-state index in [-0.39, 0.29) is 27.6 Å². The van der Waals surface area contributed by atoms with Gasteiger partial charge in [-0.1, -0.05) is 11.6 Å². The quantitative estimate of drug-likeness (QED) is 0.439. The van der Waals surface area contributed by atoms with Gasteiger partial charge in [-0.3, -0.25) is 14.9 Å². The summed E-state index contributed by atoms with van der Waals surface area (Å²) in [6.07, 6.45) is -1.22. The third-order valence-corrected chi connectivity index (χ3v) is 3.85. The largest absolute Gasteiger partial charge is 0.449 e. The molecule has 8 nitrogen and oxygen atoms in total. The van der Waals surface area contributed by atoms with Crippen molar-refractivity contribution in [2.45, 2.75) is 13.0 Å². The molecular formula is C17H15ClFN3O5. The number of hydrogen-bond acceptors (Lipinski definition) is 6. The van der Waals surface area contributed by atoms with Gasteiger partial charge in [-0.25, -0.2) is 9.18 Å². The molecule has 10 heteroatoms. The number of ether oxygens (including phenoxy) is 1. The summed E-state index contributed by atoms with van der Waals surface area (Å²) in [7, 11) is 1.51. The van der Waals surface area contributed by atoms with Crippen molar-refractivity contribution in [2.24, 2.45) is 0 Å². The Labute approximate surface area is 158 Å². The van der Waals surface area contributed by atoms with E-state index in [0.717, 1.165) is 18.2 Å². The van der Waals surface area contributed by atoms with Gasteiger partial charge in [0.15, 0.2) is 6.10 Å². The summed E-state index contributed by atoms with van der Waals surface area (Å²) in [5.74, 6) is -2.17. The molecule has 1 atom stereocenters. The lowest BCUT2D eigenvalue weighted by molar-refractivity contribution is -0.384. The summed E-state index contributed by atoms with van der Waals surface area (Å²) in [5, 5.41) is 16.1. The van der Waals surface area contributed by atoms with E-state index >= 15 is 0 Å². The minimum Gasteiger partial charge on any atom is -0.449 e. The third kappa shape index (κ3) is 4.91. The zero-order chi connectivity index (χ0) is 20.1. The molecule has 27 heavy (non-hydrogen) atoms. The normalized spacial score (nSPS) is 11.4. The molecule has 0 saturated heterocycles. The Hall–Kier alpha value is -3.20. The molecule has 0 aromatic heterocycles. The number of hydrogen-bond donors (Lipinski definition) is 2. The maximum Gasteiger partial charge on any atom is 0.339 e. The molecule has 2 N–H and O–H groups in total. The van der Waals surface area contributed by atoms with Gasteiger partial charge < -0.3 is 15.4 Å². The molecule has 0 heterocycles. The topological polar surface area (TPSA) is 111 Å². The molecular weight excluding hydrogens is 381 g/mol. The van der Waals surface area contributed by atoms with E-state index in [1.54, 1.807) is 0 Å². The Kier molecular flexibility index (Phi) is 6.30. The van der Waals surface area contributed by atoms with Crippen LogP contribution in [0.4, 0.5) is 21.5 Å². The van der Waals surface area contributed by atoms with Crippen molar-refractivity contribution in [3.8, 4) is 0 Å². The van der Waals surface area contributed by atoms with Crippen LogP contribution in [0.15, 0.2) is 36.4 Å². The van der Waals surface area contributed by atoms with Crippen molar-refractivity contribution < 1.29 is 23.6 Å². The highest BCUT2D eigenvalue weighted by atomic mass is 35.5. The van der Waals surface area contributed by atoms with Crippen molar-refractivity contribution in [1.82, 2.24) is 0 Å². The number of carbonyl (C=O) groups excluding carboxylic acids is 2. The number of nitrogens with one attached hydrogen (secondary N) is 2. The Bertz CT molecular complexity index is 906. The van der Waals surface area contributed by atoms with E-state index in [9.17, 15) is 24.1 Å². The maximum absolute atomic E-state index is 13.0. The lowest BCUT2D eigenvalue weighted by atomic mass is 10.1. The highest BCUT2D eigenvalue weighted by Gasteiger charge is 2.22. The first-order valence-electron chi connectivity index (χ1n) is 7.66. The molecule has 0 aliphatic carbocycles. The average molecular weight is 396 g/mol. The van der Waals surface area contributed by atoms with E-state index in [1.807, 2.05) is 0 Å². The van der Waals surface area contributed by atoms with Crippen LogP contribution >= 0.6 is 11.6 Å². The number of nitro benzene ring substituents is 1. The van der Waals surface area contributed by atoms with Crippen molar-refractivity contribution in [1.29, 1.82) is 0 Å². The predicted molar refractivity (Wildman–Crippen MR) is 97.6 cm³/mol. The van der Waals surface area contributed by atoms with Crippen LogP contribution in [0.1, 0.15) is 17.3 Å². The molecule has 2 aromatic carbocycles. The van der Waals surface area contributed by atoms with E-state index in [2.05, 4.69) is 10.6 Å². The summed E-state index contributed by atoms with van der Waals surface area (Å²) in [6.45, 7) is 1.32. The summed E-state index contributed by atoms with van der Waals surface area (Å²) >= 11 is 5.82. The molecule has 2 aromatic rings. The Morgan fingerprint density at radius 2 is 1.89 bits per heavy atom. The first-order valence-corrected chi connectivity index (χ1v) is 8.03. The van der Waals surface area contributed by atoms with Gasteiger partial charge in [0.1, 0.15) is 11.5 Å². The number of nitro groups is 1. The number of halogens is 2. The van der Waals surface area contributed by atoms with Crippen LogP contribution in [0.25, 0.3) is 0 Å². The number of nitrogens with zero attached hydrogens (tertiary/aromatic N) is 1. The number of esters is 1. The molecule has 0 aliphatic rings. The minimum absolute atomic E-state index is 0.0137. The predicted octanol–water partition coefficient (Wildman–Crippen LogP) is 3.61. The van der Waals surface area contributed by atoms with Crippen LogP contribution in [0.2, 0.25) is 5.02 Å². The van der Waals surface area contributed by atoms with E-state index in [4.69, 9.17) is 16.3 Å². The molecule has 142 valence electrons. The van der Waals surface area contributed by atoms with Crippen LogP contribution in [-0.2, 0) is 9.53 Å². The van der Waals surface area contributed by atoms with Gasteiger partial charge >= 0.3 is 5.97 Å². The lowest BCUT2D eigenvalue weighted by Gasteiger charge is -2.14. The Balaban J connectivity index is 2.09. The van der Waals surface area contributed by atoms with Crippen LogP contribution < -0.4 is 10.6 Å². The number of rotatable bonds is 6. The molecule has 0 unspecified atom stereocenters. The number of amides is 1. The highest BCUT2D eigenvalue weighted by Crippen LogP contribution is 2.26. The van der Waals surface area contributed by atoms with Gasteiger partial charge in [0.2, 0.25) is 0 Å². The van der Waals surface area contributed by atoms with E-state index in [1.165, 1.54) is 32.2 Å². The zero-order valence-corrected chi connectivity index (χ0v) is 15.0. The van der Waals surface area contributed by atoms with Crippen LogP contribution in [0.3, 0.4) is 0 Å². The van der Waals surface area contributed by atoms with E-state index < -0.39 is 28.7 Å². The monoisotopic (exact) mass is 395 g/mol. The highest BCUT2D eigenvalue weighted by molar-refractivity contribution is 6.33. The molecule has 2 rings (SSSR count). The van der Waals surface area contributed by atoms with Gasteiger partial charge in [-0.2, -0.15) is 0 Å². The second-order valence-electron chi connectivity index (χ2n) is 5.40. The van der Waals surface area contributed by atoms with Gasteiger partial charge in [-0.15, -0.1) is 0 Å². The molecule has 0 saturated carbocycles. The smallest absolute Gasteiger partial charge is 0.339 e. The van der Waals surface area contributed by atoms with Crippen molar-refractivity contribution >= 4 is 40.5 Å². The van der Waals surface area contributed by atoms with Gasteiger partial charge in [-0.05, 0) is 37.3 Å². The SMILES string of the molecule is CNc1ccc(C(=O)O[C@H](C)C(=O)Nc2ccc(F)cc2Cl)cc1[N+](=O)[O-]. The standard InChI is InChI=1S/C17H15ClFN3O5/c1-9(16(23)21-13-6-4-11(19)8-12(13)18)27-17(24)10-3-5-14(20-2)15(7-10)22(25)26/h3-9,20H,1-2H3,(H,21,23)/t9-/m1/s1. The summed E-state index contributed by atoms with van der Waals surface area (Å²) in [4.78, 5) is 34.7. The minimum atomic E-state index is -1.22. The van der Waals surface area contributed by atoms with Gasteiger partial charge in [0.05, 0.1) is 21.2 Å². The second-order valence-corrected chi connectivity index (χ2v) is 5.81. The molecule has 0 fully saturated rings. The van der Waals surface area contributed by atoms with Crippen molar-refractivity contribution in [2.75, 3.05) is 17.7 Å². The fraction of sp³-hybridized carbons (Fsp3) is 0.176. The van der Waals surface area contributed by atoms with Crippen molar-refractivity contribution in [3.05, 3.63) is 62.9 Å². The summed E-state index contributed by atoms with van der Waals surface area (Å²) in [6, 6.07) is 7.15. The fourth-order valence-corrected chi connectivity index (χ4v) is 2.34. The zero-order valence-electron chi connectivity index (χ0n) is 14.3.